The summed E-state index contributed by atoms with van der Waals surface area (Å²) in [6.07, 6.45) is 5.34. The number of aromatic amines is 1. The first-order valence-electron chi connectivity index (χ1n) is 5.20. The molecule has 1 atom stereocenters. The fourth-order valence-electron chi connectivity index (χ4n) is 2.12. The summed E-state index contributed by atoms with van der Waals surface area (Å²) in [5.41, 5.74) is 5.44. The summed E-state index contributed by atoms with van der Waals surface area (Å²) in [6, 6.07) is 0.438. The van der Waals surface area contributed by atoms with Crippen LogP contribution in [-0.4, -0.2) is 21.2 Å². The fraction of sp³-hybridized carbons (Fsp3) is 0.778. The molecular formula is C9H17N5. The van der Waals surface area contributed by atoms with Crippen molar-refractivity contribution in [2.24, 2.45) is 5.92 Å². The second-order valence-corrected chi connectivity index (χ2v) is 4.02. The van der Waals surface area contributed by atoms with E-state index < -0.39 is 0 Å². The van der Waals surface area contributed by atoms with Crippen LogP contribution in [0.1, 0.15) is 32.6 Å². The zero-order valence-electron chi connectivity index (χ0n) is 8.45. The summed E-state index contributed by atoms with van der Waals surface area (Å²) in [5.74, 6) is 1.74. The van der Waals surface area contributed by atoms with E-state index in [4.69, 9.17) is 5.73 Å². The Morgan fingerprint density at radius 2 is 2.21 bits per heavy atom. The van der Waals surface area contributed by atoms with Gasteiger partial charge in [0.1, 0.15) is 0 Å². The number of aromatic nitrogens is 3. The van der Waals surface area contributed by atoms with Crippen LogP contribution in [0.2, 0.25) is 0 Å². The van der Waals surface area contributed by atoms with Crippen molar-refractivity contribution in [3.63, 3.8) is 0 Å². The molecule has 0 amide bonds. The lowest BCUT2D eigenvalue weighted by atomic mass is 10.0. The molecule has 0 aliphatic heterocycles. The van der Waals surface area contributed by atoms with Crippen LogP contribution in [0.25, 0.3) is 0 Å². The molecule has 0 unspecified atom stereocenters. The van der Waals surface area contributed by atoms with Gasteiger partial charge < -0.3 is 11.1 Å². The largest absolute Gasteiger partial charge is 0.368 e. The van der Waals surface area contributed by atoms with Crippen LogP contribution in [0.4, 0.5) is 11.9 Å². The molecule has 0 aromatic carbocycles. The Morgan fingerprint density at radius 1 is 1.50 bits per heavy atom. The summed E-state index contributed by atoms with van der Waals surface area (Å²) < 4.78 is 0. The molecule has 1 fully saturated rings. The van der Waals surface area contributed by atoms with Crippen molar-refractivity contribution in [1.82, 2.24) is 15.2 Å². The van der Waals surface area contributed by atoms with Gasteiger partial charge in [-0.15, -0.1) is 5.10 Å². The number of nitrogens with two attached hydrogens (primary N) is 1. The van der Waals surface area contributed by atoms with E-state index in [1.807, 2.05) is 0 Å². The predicted octanol–water partition coefficient (Wildman–Crippen LogP) is 1.38. The molecule has 1 saturated carbocycles. The molecule has 4 N–H and O–H groups in total. The van der Waals surface area contributed by atoms with Gasteiger partial charge in [-0.3, -0.25) is 0 Å². The number of nitrogens with one attached hydrogen (secondary N) is 2. The van der Waals surface area contributed by atoms with Crippen molar-refractivity contribution in [2.75, 3.05) is 11.1 Å². The highest BCUT2D eigenvalue weighted by Gasteiger charge is 2.21. The standard InChI is InChI=1S/C9H17N5/c1-6(7-4-2-3-5-7)11-9-12-8(10)13-14-9/h6-7H,2-5H2,1H3,(H4,10,11,12,13,14)/t6-/m0/s1. The molecule has 1 aliphatic carbocycles. The Kier molecular flexibility index (Phi) is 2.56. The number of nitrogen functional groups attached to an aromatic ring is 1. The molecule has 0 bridgehead atoms. The highest BCUT2D eigenvalue weighted by molar-refractivity contribution is 5.30. The van der Waals surface area contributed by atoms with Gasteiger partial charge in [-0.05, 0) is 25.7 Å². The van der Waals surface area contributed by atoms with Crippen molar-refractivity contribution < 1.29 is 0 Å². The van der Waals surface area contributed by atoms with Gasteiger partial charge in [-0.2, -0.15) is 4.98 Å². The lowest BCUT2D eigenvalue weighted by Gasteiger charge is -2.18. The number of hydrogen-bond acceptors (Lipinski definition) is 4. The van der Waals surface area contributed by atoms with Gasteiger partial charge in [0.25, 0.3) is 0 Å². The number of rotatable bonds is 3. The highest BCUT2D eigenvalue weighted by Crippen LogP contribution is 2.28. The van der Waals surface area contributed by atoms with Gasteiger partial charge in [-0.1, -0.05) is 12.8 Å². The minimum atomic E-state index is 0.367. The second-order valence-electron chi connectivity index (χ2n) is 4.02. The van der Waals surface area contributed by atoms with Gasteiger partial charge in [-0.25, -0.2) is 5.10 Å². The Hall–Kier alpha value is -1.26. The molecule has 1 heterocycles. The third-order valence-electron chi connectivity index (χ3n) is 2.97. The van der Waals surface area contributed by atoms with Gasteiger partial charge >= 0.3 is 0 Å². The van der Waals surface area contributed by atoms with E-state index in [2.05, 4.69) is 27.4 Å². The van der Waals surface area contributed by atoms with Crippen LogP contribution in [0.5, 0.6) is 0 Å². The molecule has 2 rings (SSSR count). The summed E-state index contributed by atoms with van der Waals surface area (Å²) in [5, 5.41) is 9.84. The topological polar surface area (TPSA) is 79.6 Å². The van der Waals surface area contributed by atoms with Crippen molar-refractivity contribution in [2.45, 2.75) is 38.6 Å². The summed E-state index contributed by atoms with van der Waals surface area (Å²) in [7, 11) is 0. The first-order chi connectivity index (χ1) is 6.75. The molecular weight excluding hydrogens is 178 g/mol. The monoisotopic (exact) mass is 195 g/mol. The zero-order chi connectivity index (χ0) is 9.97. The number of H-pyrrole nitrogens is 1. The minimum absolute atomic E-state index is 0.367. The molecule has 5 heteroatoms. The van der Waals surface area contributed by atoms with E-state index in [1.54, 1.807) is 0 Å². The Labute approximate surface area is 83.5 Å². The summed E-state index contributed by atoms with van der Waals surface area (Å²) in [4.78, 5) is 4.02. The highest BCUT2D eigenvalue weighted by atomic mass is 15.3. The average molecular weight is 195 g/mol. The molecule has 0 radical (unpaired) electrons. The van der Waals surface area contributed by atoms with Crippen LogP contribution in [0, 0.1) is 5.92 Å². The summed E-state index contributed by atoms with van der Waals surface area (Å²) in [6.45, 7) is 2.18. The van der Waals surface area contributed by atoms with Crippen LogP contribution in [0.3, 0.4) is 0 Å². The van der Waals surface area contributed by atoms with Gasteiger partial charge in [0.05, 0.1) is 0 Å². The average Bonchev–Trinajstić information content (AvgIpc) is 2.75. The van der Waals surface area contributed by atoms with E-state index >= 15 is 0 Å². The van der Waals surface area contributed by atoms with Gasteiger partial charge in [0.15, 0.2) is 0 Å². The Balaban J connectivity index is 1.90. The molecule has 1 aliphatic rings. The Bertz CT molecular complexity index is 289. The zero-order valence-corrected chi connectivity index (χ0v) is 8.45. The third-order valence-corrected chi connectivity index (χ3v) is 2.97. The molecule has 5 nitrogen and oxygen atoms in total. The normalized spacial score (nSPS) is 19.8. The molecule has 1 aromatic rings. The van der Waals surface area contributed by atoms with E-state index in [0.29, 0.717) is 17.9 Å². The van der Waals surface area contributed by atoms with Crippen molar-refractivity contribution in [3.05, 3.63) is 0 Å². The third kappa shape index (κ3) is 1.97. The van der Waals surface area contributed by atoms with Crippen molar-refractivity contribution >= 4 is 11.9 Å². The second kappa shape index (κ2) is 3.86. The maximum atomic E-state index is 5.44. The van der Waals surface area contributed by atoms with Crippen LogP contribution >= 0.6 is 0 Å². The lowest BCUT2D eigenvalue weighted by molar-refractivity contribution is 0.480. The quantitative estimate of drug-likeness (QED) is 0.680. The molecule has 1 aromatic heterocycles. The van der Waals surface area contributed by atoms with E-state index in [-0.39, 0.29) is 0 Å². The molecule has 0 spiro atoms. The summed E-state index contributed by atoms with van der Waals surface area (Å²) >= 11 is 0. The molecule has 0 saturated heterocycles. The molecule has 14 heavy (non-hydrogen) atoms. The first kappa shape index (κ1) is 9.30. The maximum absolute atomic E-state index is 5.44. The van der Waals surface area contributed by atoms with Gasteiger partial charge in [0.2, 0.25) is 11.9 Å². The van der Waals surface area contributed by atoms with Crippen LogP contribution in [0.15, 0.2) is 0 Å². The number of nitrogens with zero attached hydrogens (tertiary/aromatic N) is 2. The number of anilines is 2. The van der Waals surface area contributed by atoms with E-state index in [1.165, 1.54) is 25.7 Å². The van der Waals surface area contributed by atoms with E-state index in [0.717, 1.165) is 5.92 Å². The van der Waals surface area contributed by atoms with Crippen molar-refractivity contribution in [1.29, 1.82) is 0 Å². The SMILES string of the molecule is C[C@H](Nc1n[nH]c(N)n1)C1CCCC1. The minimum Gasteiger partial charge on any atom is -0.368 e. The van der Waals surface area contributed by atoms with Gasteiger partial charge in [0, 0.05) is 6.04 Å². The van der Waals surface area contributed by atoms with Crippen LogP contribution in [-0.2, 0) is 0 Å². The lowest BCUT2D eigenvalue weighted by Crippen LogP contribution is -2.24. The predicted molar refractivity (Wildman–Crippen MR) is 55.8 cm³/mol. The molecule has 78 valence electrons. The van der Waals surface area contributed by atoms with Crippen molar-refractivity contribution in [3.8, 4) is 0 Å². The first-order valence-corrected chi connectivity index (χ1v) is 5.20. The maximum Gasteiger partial charge on any atom is 0.243 e. The van der Waals surface area contributed by atoms with Crippen LogP contribution < -0.4 is 11.1 Å². The fourth-order valence-corrected chi connectivity index (χ4v) is 2.12. The smallest absolute Gasteiger partial charge is 0.243 e. The number of hydrogen-bond donors (Lipinski definition) is 3. The Morgan fingerprint density at radius 3 is 2.79 bits per heavy atom. The van der Waals surface area contributed by atoms with E-state index in [9.17, 15) is 0 Å².